The molecule has 4 N–H and O–H groups in total. The minimum Gasteiger partial charge on any atom is -0.389 e. The van der Waals surface area contributed by atoms with Gasteiger partial charge in [0, 0.05) is 24.4 Å². The summed E-state index contributed by atoms with van der Waals surface area (Å²) in [5.74, 6) is -2.30. The first-order valence-electron chi connectivity index (χ1n) is 14.2. The van der Waals surface area contributed by atoms with Gasteiger partial charge >= 0.3 is 0 Å². The van der Waals surface area contributed by atoms with E-state index in [1.807, 2.05) is 18.2 Å². The van der Waals surface area contributed by atoms with E-state index < -0.39 is 47.8 Å². The van der Waals surface area contributed by atoms with Gasteiger partial charge in [0.15, 0.2) is 11.4 Å². The standard InChI is InChI=1S/C29H39N3O6/c33-17-24(34)23(16-19-14-15-30-26(19)35)31-27(36)25-18-10-12-22(13-11-18)32(25)28(37)29(38,21-8-4-5-9-21)20-6-2-1-3-7-20/h1-3,6-7,18-19,21-23,25,33,38H,4-5,8-17H2,(H,30,35)(H,31,36)/t18?,19-,22?,23+,25-,29+/m1/s1. The van der Waals surface area contributed by atoms with Gasteiger partial charge in [-0.05, 0) is 62.8 Å². The lowest BCUT2D eigenvalue weighted by atomic mass is 9.71. The summed E-state index contributed by atoms with van der Waals surface area (Å²) in [5, 5.41) is 27.3. The molecule has 5 fully saturated rings. The number of carbonyl (C=O) groups excluding carboxylic acids is 4. The second-order valence-corrected chi connectivity index (χ2v) is 11.5. The third-order valence-corrected chi connectivity index (χ3v) is 9.41. The van der Waals surface area contributed by atoms with Crippen molar-refractivity contribution in [3.05, 3.63) is 35.9 Å². The summed E-state index contributed by atoms with van der Waals surface area (Å²) in [6.07, 6.45) is 7.20. The summed E-state index contributed by atoms with van der Waals surface area (Å²) in [6, 6.07) is 7.09. The summed E-state index contributed by atoms with van der Waals surface area (Å²) >= 11 is 0. The van der Waals surface area contributed by atoms with Crippen LogP contribution in [0.3, 0.4) is 0 Å². The molecule has 2 saturated carbocycles. The highest BCUT2D eigenvalue weighted by Gasteiger charge is 2.55. The number of nitrogens with one attached hydrogen (secondary N) is 2. The normalized spacial score (nSPS) is 29.5. The molecule has 3 saturated heterocycles. The molecule has 0 radical (unpaired) electrons. The fourth-order valence-corrected chi connectivity index (χ4v) is 7.34. The van der Waals surface area contributed by atoms with E-state index in [9.17, 15) is 29.4 Å². The summed E-state index contributed by atoms with van der Waals surface area (Å²) in [5.41, 5.74) is -1.17. The van der Waals surface area contributed by atoms with Gasteiger partial charge in [-0.25, -0.2) is 0 Å². The molecule has 0 spiro atoms. The van der Waals surface area contributed by atoms with E-state index in [0.29, 0.717) is 18.5 Å². The van der Waals surface area contributed by atoms with Crippen LogP contribution in [0.25, 0.3) is 0 Å². The van der Waals surface area contributed by atoms with E-state index in [4.69, 9.17) is 0 Å². The number of hydrogen-bond donors (Lipinski definition) is 4. The Kier molecular flexibility index (Phi) is 7.86. The van der Waals surface area contributed by atoms with E-state index in [1.165, 1.54) is 0 Å². The van der Waals surface area contributed by atoms with Crippen molar-refractivity contribution in [2.24, 2.45) is 17.8 Å². The van der Waals surface area contributed by atoms with E-state index in [1.54, 1.807) is 17.0 Å². The van der Waals surface area contributed by atoms with Gasteiger partial charge in [-0.3, -0.25) is 19.2 Å². The Balaban J connectivity index is 1.44. The molecule has 3 amide bonds. The summed E-state index contributed by atoms with van der Waals surface area (Å²) < 4.78 is 0. The zero-order chi connectivity index (χ0) is 26.9. The maximum atomic E-state index is 14.4. The number of carbonyl (C=O) groups is 4. The lowest BCUT2D eigenvalue weighted by Gasteiger charge is -2.53. The first kappa shape index (κ1) is 26.8. The molecule has 5 aliphatic rings. The van der Waals surface area contributed by atoms with Gasteiger partial charge in [-0.15, -0.1) is 0 Å². The van der Waals surface area contributed by atoms with Crippen molar-refractivity contribution in [1.29, 1.82) is 0 Å². The lowest BCUT2D eigenvalue weighted by molar-refractivity contribution is -0.176. The Bertz CT molecular complexity index is 1050. The number of ketones is 1. The van der Waals surface area contributed by atoms with Crippen LogP contribution >= 0.6 is 0 Å². The van der Waals surface area contributed by atoms with E-state index in [2.05, 4.69) is 10.6 Å². The number of rotatable bonds is 9. The number of nitrogens with zero attached hydrogens (tertiary/aromatic N) is 1. The largest absolute Gasteiger partial charge is 0.389 e. The van der Waals surface area contributed by atoms with Gasteiger partial charge in [0.25, 0.3) is 5.91 Å². The van der Waals surface area contributed by atoms with Gasteiger partial charge in [0.2, 0.25) is 11.8 Å². The van der Waals surface area contributed by atoms with Crippen molar-refractivity contribution >= 4 is 23.5 Å². The zero-order valence-electron chi connectivity index (χ0n) is 21.8. The first-order valence-corrected chi connectivity index (χ1v) is 14.2. The second kappa shape index (κ2) is 11.1. The molecule has 4 atom stereocenters. The van der Waals surface area contributed by atoms with E-state index in [0.717, 1.165) is 51.4 Å². The Labute approximate surface area is 223 Å². The molecule has 2 aliphatic carbocycles. The summed E-state index contributed by atoms with van der Waals surface area (Å²) in [4.78, 5) is 54.7. The van der Waals surface area contributed by atoms with E-state index in [-0.39, 0.29) is 30.2 Å². The molecule has 2 bridgehead atoms. The van der Waals surface area contributed by atoms with Crippen LogP contribution in [0.15, 0.2) is 30.3 Å². The molecular weight excluding hydrogens is 486 g/mol. The SMILES string of the molecule is O=C1NCC[C@@H]1C[C@H](NC(=O)[C@H]1C2CCC(CC2)N1C(=O)[C@](O)(c1ccccc1)C1CCCC1)C(=O)CO. The van der Waals surface area contributed by atoms with Crippen molar-refractivity contribution in [3.63, 3.8) is 0 Å². The molecule has 1 aromatic rings. The van der Waals surface area contributed by atoms with Gasteiger partial charge in [-0.1, -0.05) is 43.2 Å². The molecular formula is C29H39N3O6. The molecule has 38 heavy (non-hydrogen) atoms. The van der Waals surface area contributed by atoms with Gasteiger partial charge < -0.3 is 25.7 Å². The molecule has 3 aliphatic heterocycles. The van der Waals surface area contributed by atoms with Crippen molar-refractivity contribution in [1.82, 2.24) is 15.5 Å². The average molecular weight is 526 g/mol. The third-order valence-electron chi connectivity index (χ3n) is 9.41. The number of Topliss-reactive ketones (excluding diaryl/α,β-unsaturated/α-hetero) is 1. The molecule has 3 heterocycles. The van der Waals surface area contributed by atoms with Crippen LogP contribution in [0.5, 0.6) is 0 Å². The van der Waals surface area contributed by atoms with Crippen LogP contribution in [-0.4, -0.2) is 69.9 Å². The first-order chi connectivity index (χ1) is 18.3. The molecule has 206 valence electrons. The Morgan fingerprint density at radius 1 is 1.03 bits per heavy atom. The monoisotopic (exact) mass is 525 g/mol. The lowest BCUT2D eigenvalue weighted by Crippen LogP contribution is -2.67. The number of fused-ring (bicyclic) bond motifs is 3. The number of piperidine rings is 2. The molecule has 0 unspecified atom stereocenters. The van der Waals surface area contributed by atoms with Crippen molar-refractivity contribution in [2.75, 3.05) is 13.2 Å². The van der Waals surface area contributed by atoms with Crippen LogP contribution in [0.1, 0.15) is 69.8 Å². The third kappa shape index (κ3) is 4.86. The molecule has 1 aromatic carbocycles. The Morgan fingerprint density at radius 3 is 2.32 bits per heavy atom. The predicted molar refractivity (Wildman–Crippen MR) is 138 cm³/mol. The second-order valence-electron chi connectivity index (χ2n) is 11.5. The summed E-state index contributed by atoms with van der Waals surface area (Å²) in [7, 11) is 0. The van der Waals surface area contributed by atoms with Crippen LogP contribution in [0.4, 0.5) is 0 Å². The average Bonchev–Trinajstić information content (AvgIpc) is 3.64. The highest BCUT2D eigenvalue weighted by molar-refractivity contribution is 5.96. The van der Waals surface area contributed by atoms with E-state index >= 15 is 0 Å². The summed E-state index contributed by atoms with van der Waals surface area (Å²) in [6.45, 7) is -0.223. The van der Waals surface area contributed by atoms with Gasteiger partial charge in [-0.2, -0.15) is 0 Å². The maximum Gasteiger partial charge on any atom is 0.260 e. The Morgan fingerprint density at radius 2 is 1.71 bits per heavy atom. The smallest absolute Gasteiger partial charge is 0.260 e. The molecule has 6 rings (SSSR count). The fourth-order valence-electron chi connectivity index (χ4n) is 7.34. The van der Waals surface area contributed by atoms with Crippen LogP contribution in [0.2, 0.25) is 0 Å². The molecule has 9 heteroatoms. The number of aliphatic hydroxyl groups excluding tert-OH is 1. The van der Waals surface area contributed by atoms with Crippen LogP contribution in [0, 0.1) is 17.8 Å². The quantitative estimate of drug-likeness (QED) is 0.385. The van der Waals surface area contributed by atoms with Crippen molar-refractivity contribution < 1.29 is 29.4 Å². The molecule has 9 nitrogen and oxygen atoms in total. The number of hydrogen-bond acceptors (Lipinski definition) is 6. The van der Waals surface area contributed by atoms with Gasteiger partial charge in [0.1, 0.15) is 12.6 Å². The fraction of sp³-hybridized carbons (Fsp3) is 0.655. The number of aliphatic hydroxyl groups is 2. The number of amides is 3. The van der Waals surface area contributed by atoms with Crippen molar-refractivity contribution in [3.8, 4) is 0 Å². The number of benzene rings is 1. The Hall–Kier alpha value is -2.78. The highest BCUT2D eigenvalue weighted by Crippen LogP contribution is 2.46. The minimum absolute atomic E-state index is 0.0767. The maximum absolute atomic E-state index is 14.4. The topological polar surface area (TPSA) is 136 Å². The van der Waals surface area contributed by atoms with Crippen LogP contribution < -0.4 is 10.6 Å². The molecule has 0 aromatic heterocycles. The van der Waals surface area contributed by atoms with Crippen LogP contribution in [-0.2, 0) is 24.8 Å². The van der Waals surface area contributed by atoms with Gasteiger partial charge in [0.05, 0.1) is 6.04 Å². The minimum atomic E-state index is -1.73. The predicted octanol–water partition coefficient (Wildman–Crippen LogP) is 1.41. The zero-order valence-corrected chi connectivity index (χ0v) is 21.8. The van der Waals surface area contributed by atoms with Crippen molar-refractivity contribution in [2.45, 2.75) is 87.9 Å². The highest BCUT2D eigenvalue weighted by atomic mass is 16.3.